The van der Waals surface area contributed by atoms with Crippen LogP contribution in [0.25, 0.3) is 27.3 Å². The van der Waals surface area contributed by atoms with Gasteiger partial charge in [-0.25, -0.2) is 4.98 Å². The van der Waals surface area contributed by atoms with E-state index in [1.54, 1.807) is 12.1 Å². The Morgan fingerprint density at radius 3 is 2.50 bits per heavy atom. The smallest absolute Gasteiger partial charge is 0.270 e. The highest BCUT2D eigenvalue weighted by molar-refractivity contribution is 7.99. The number of para-hydroxylation sites is 1. The number of non-ortho nitro benzene ring substituents is 1. The zero-order valence-electron chi connectivity index (χ0n) is 21.0. The molecule has 40 heavy (non-hydrogen) atoms. The Labute approximate surface area is 242 Å². The number of nitrogens with zero attached hydrogens (tertiary/aromatic N) is 7. The van der Waals surface area contributed by atoms with Crippen molar-refractivity contribution in [2.45, 2.75) is 5.16 Å². The Morgan fingerprint density at radius 1 is 1.00 bits per heavy atom. The summed E-state index contributed by atoms with van der Waals surface area (Å²) in [6.07, 6.45) is 0. The Hall–Kier alpha value is -4.00. The van der Waals surface area contributed by atoms with Gasteiger partial charge in [0.2, 0.25) is 5.91 Å². The predicted molar refractivity (Wildman–Crippen MR) is 158 cm³/mol. The molecule has 1 fully saturated rings. The first-order valence-electron chi connectivity index (χ1n) is 12.4. The monoisotopic (exact) mass is 591 g/mol. The van der Waals surface area contributed by atoms with Gasteiger partial charge in [0.15, 0.2) is 16.1 Å². The van der Waals surface area contributed by atoms with Crippen LogP contribution in [0.2, 0.25) is 5.02 Å². The number of amides is 1. The van der Waals surface area contributed by atoms with Crippen LogP contribution in [0.15, 0.2) is 78.0 Å². The molecule has 202 valence electrons. The van der Waals surface area contributed by atoms with Gasteiger partial charge in [-0.1, -0.05) is 65.0 Å². The first-order valence-corrected chi connectivity index (χ1v) is 14.6. The molecule has 0 bridgehead atoms. The molecule has 0 saturated carbocycles. The van der Waals surface area contributed by atoms with Crippen LogP contribution in [-0.2, 0) is 4.79 Å². The van der Waals surface area contributed by atoms with Crippen molar-refractivity contribution < 1.29 is 9.72 Å². The summed E-state index contributed by atoms with van der Waals surface area (Å²) >= 11 is 9.25. The van der Waals surface area contributed by atoms with E-state index in [1.807, 2.05) is 64.1 Å². The molecule has 0 aliphatic carbocycles. The van der Waals surface area contributed by atoms with E-state index in [-0.39, 0.29) is 17.3 Å². The minimum Gasteiger partial charge on any atom is -0.345 e. The second-order valence-corrected chi connectivity index (χ2v) is 11.4. The predicted octanol–water partition coefficient (Wildman–Crippen LogP) is 5.55. The molecule has 2 aromatic heterocycles. The van der Waals surface area contributed by atoms with Gasteiger partial charge in [-0.05, 0) is 30.3 Å². The SMILES string of the molecule is O=C(CSc1nnc(-c2ccccc2Cl)n1-c1ccccc1)N1CCN(c2nc3ccc([N+](=O)[O-])cc3s2)CC1. The minimum absolute atomic E-state index is 0.0199. The number of anilines is 1. The number of thioether (sulfide) groups is 1. The van der Waals surface area contributed by atoms with Crippen molar-refractivity contribution >= 4 is 61.6 Å². The standard InChI is InChI=1S/C27H22ClN7O3S2/c28-21-9-5-4-8-20(21)25-30-31-27(34(25)18-6-2-1-3-7-18)39-17-24(36)32-12-14-33(15-13-32)26-29-22-11-10-19(35(37)38)16-23(22)40-26/h1-11,16H,12-15,17H2. The van der Waals surface area contributed by atoms with Gasteiger partial charge in [0, 0.05) is 49.6 Å². The lowest BCUT2D eigenvalue weighted by Gasteiger charge is -2.34. The maximum atomic E-state index is 13.2. The van der Waals surface area contributed by atoms with Gasteiger partial charge in [-0.3, -0.25) is 19.5 Å². The van der Waals surface area contributed by atoms with E-state index >= 15 is 0 Å². The third-order valence-electron chi connectivity index (χ3n) is 6.56. The first-order chi connectivity index (χ1) is 19.5. The molecule has 1 saturated heterocycles. The van der Waals surface area contributed by atoms with Crippen LogP contribution in [0.3, 0.4) is 0 Å². The summed E-state index contributed by atoms with van der Waals surface area (Å²) in [5, 5.41) is 21.9. The molecule has 1 amide bonds. The van der Waals surface area contributed by atoms with E-state index in [2.05, 4.69) is 20.1 Å². The number of thiazole rings is 1. The molecule has 3 heterocycles. The average Bonchev–Trinajstić information content (AvgIpc) is 3.61. The second kappa shape index (κ2) is 11.2. The van der Waals surface area contributed by atoms with Crippen LogP contribution in [0.4, 0.5) is 10.8 Å². The number of hydrogen-bond donors (Lipinski definition) is 0. The third-order valence-corrected chi connectivity index (χ3v) is 8.88. The fraction of sp³-hybridized carbons (Fsp3) is 0.185. The maximum absolute atomic E-state index is 13.2. The zero-order chi connectivity index (χ0) is 27.6. The number of benzene rings is 3. The quantitative estimate of drug-likeness (QED) is 0.138. The fourth-order valence-corrected chi connectivity index (χ4v) is 6.63. The molecule has 1 aliphatic heterocycles. The van der Waals surface area contributed by atoms with E-state index in [4.69, 9.17) is 11.6 Å². The van der Waals surface area contributed by atoms with E-state index in [1.165, 1.54) is 29.2 Å². The number of halogens is 1. The molecule has 0 spiro atoms. The molecule has 13 heteroatoms. The van der Waals surface area contributed by atoms with Crippen molar-refractivity contribution in [3.63, 3.8) is 0 Å². The Kier molecular flexibility index (Phi) is 7.37. The van der Waals surface area contributed by atoms with Crippen LogP contribution in [0, 0.1) is 10.1 Å². The van der Waals surface area contributed by atoms with Gasteiger partial charge >= 0.3 is 0 Å². The topological polar surface area (TPSA) is 110 Å². The lowest BCUT2D eigenvalue weighted by molar-refractivity contribution is -0.384. The van der Waals surface area contributed by atoms with Crippen LogP contribution < -0.4 is 4.90 Å². The summed E-state index contributed by atoms with van der Waals surface area (Å²) in [4.78, 5) is 32.5. The highest BCUT2D eigenvalue weighted by Crippen LogP contribution is 2.33. The van der Waals surface area contributed by atoms with Crippen LogP contribution >= 0.6 is 34.7 Å². The first kappa shape index (κ1) is 26.2. The molecule has 0 N–H and O–H groups in total. The number of carbonyl (C=O) groups excluding carboxylic acids is 1. The van der Waals surface area contributed by atoms with Crippen LogP contribution in [0.5, 0.6) is 0 Å². The second-order valence-electron chi connectivity index (χ2n) is 9.02. The fourth-order valence-electron chi connectivity index (χ4n) is 4.50. The van der Waals surface area contributed by atoms with Crippen LogP contribution in [0.1, 0.15) is 0 Å². The summed E-state index contributed by atoms with van der Waals surface area (Å²) in [6, 6.07) is 21.9. The van der Waals surface area contributed by atoms with Crippen molar-refractivity contribution in [3.05, 3.63) is 87.9 Å². The molecule has 1 aliphatic rings. The van der Waals surface area contributed by atoms with Gasteiger partial charge < -0.3 is 9.80 Å². The van der Waals surface area contributed by atoms with Gasteiger partial charge in [-0.15, -0.1) is 10.2 Å². The highest BCUT2D eigenvalue weighted by Gasteiger charge is 2.25. The molecule has 5 aromatic rings. The van der Waals surface area contributed by atoms with Gasteiger partial charge in [0.25, 0.3) is 5.69 Å². The number of piperazine rings is 1. The molecule has 3 aromatic carbocycles. The van der Waals surface area contributed by atoms with Crippen LogP contribution in [-0.4, -0.2) is 67.4 Å². The Balaban J connectivity index is 1.13. The number of rotatable bonds is 7. The molecule has 6 rings (SSSR count). The maximum Gasteiger partial charge on any atom is 0.270 e. The van der Waals surface area contributed by atoms with Crippen molar-refractivity contribution in [3.8, 4) is 17.1 Å². The number of nitro benzene ring substituents is 1. The van der Waals surface area contributed by atoms with Gasteiger partial charge in [0.1, 0.15) is 0 Å². The van der Waals surface area contributed by atoms with E-state index < -0.39 is 4.92 Å². The summed E-state index contributed by atoms with van der Waals surface area (Å²) in [5.74, 6) is 0.853. The van der Waals surface area contributed by atoms with Crippen molar-refractivity contribution in [1.29, 1.82) is 0 Å². The molecule has 0 unspecified atom stereocenters. The number of carbonyl (C=O) groups is 1. The van der Waals surface area contributed by atoms with E-state index in [0.717, 1.165) is 26.6 Å². The molecule has 0 atom stereocenters. The molecular formula is C27H22ClN7O3S2. The average molecular weight is 592 g/mol. The highest BCUT2D eigenvalue weighted by atomic mass is 35.5. The normalized spacial score (nSPS) is 13.6. The summed E-state index contributed by atoms with van der Waals surface area (Å²) in [5.41, 5.74) is 2.43. The van der Waals surface area contributed by atoms with Crippen molar-refractivity contribution in [2.75, 3.05) is 36.8 Å². The lowest BCUT2D eigenvalue weighted by atomic mass is 10.2. The summed E-state index contributed by atoms with van der Waals surface area (Å²) in [6.45, 7) is 2.39. The molecular weight excluding hydrogens is 570 g/mol. The number of fused-ring (bicyclic) bond motifs is 1. The minimum atomic E-state index is -0.402. The number of aromatic nitrogens is 4. The number of nitro groups is 1. The Morgan fingerprint density at radius 2 is 1.75 bits per heavy atom. The van der Waals surface area contributed by atoms with Gasteiger partial charge in [-0.2, -0.15) is 0 Å². The summed E-state index contributed by atoms with van der Waals surface area (Å²) in [7, 11) is 0. The Bertz CT molecular complexity index is 1700. The third kappa shape index (κ3) is 5.25. The van der Waals surface area contributed by atoms with Crippen molar-refractivity contribution in [1.82, 2.24) is 24.6 Å². The molecule has 0 radical (unpaired) electrons. The molecule has 10 nitrogen and oxygen atoms in total. The zero-order valence-corrected chi connectivity index (χ0v) is 23.4. The largest absolute Gasteiger partial charge is 0.345 e. The van der Waals surface area contributed by atoms with Crippen molar-refractivity contribution in [2.24, 2.45) is 0 Å². The van der Waals surface area contributed by atoms with E-state index in [0.29, 0.717) is 42.2 Å². The summed E-state index contributed by atoms with van der Waals surface area (Å²) < 4.78 is 2.70. The lowest BCUT2D eigenvalue weighted by Crippen LogP contribution is -2.49. The number of hydrogen-bond acceptors (Lipinski definition) is 9. The van der Waals surface area contributed by atoms with Gasteiger partial charge in [0.05, 0.1) is 25.9 Å². The van der Waals surface area contributed by atoms with E-state index in [9.17, 15) is 14.9 Å².